The molecule has 1 unspecified atom stereocenters. The van der Waals surface area contributed by atoms with Gasteiger partial charge in [0, 0.05) is 24.7 Å². The van der Waals surface area contributed by atoms with E-state index in [2.05, 4.69) is 5.10 Å². The average Bonchev–Trinajstić information content (AvgIpc) is 2.81. The summed E-state index contributed by atoms with van der Waals surface area (Å²) in [7, 11) is 0. The molecule has 0 spiro atoms. The van der Waals surface area contributed by atoms with E-state index in [4.69, 9.17) is 0 Å². The molecule has 0 saturated heterocycles. The standard InChI is InChI=1S/C13H15FN2O/c1-2-16-9-11(8-15-16)13(17)7-10-3-5-12(14)6-4-10/h3-6,8-9,13,17H,2,7H2,1H3. The van der Waals surface area contributed by atoms with E-state index in [0.29, 0.717) is 6.42 Å². The summed E-state index contributed by atoms with van der Waals surface area (Å²) in [6.45, 7) is 2.77. The third-order valence-electron chi connectivity index (χ3n) is 2.70. The van der Waals surface area contributed by atoms with E-state index >= 15 is 0 Å². The molecule has 0 saturated carbocycles. The van der Waals surface area contributed by atoms with Gasteiger partial charge in [-0.25, -0.2) is 4.39 Å². The summed E-state index contributed by atoms with van der Waals surface area (Å²) in [5.41, 5.74) is 1.69. The van der Waals surface area contributed by atoms with Gasteiger partial charge in [0.2, 0.25) is 0 Å². The summed E-state index contributed by atoms with van der Waals surface area (Å²) >= 11 is 0. The molecule has 4 heteroatoms. The van der Waals surface area contributed by atoms with Crippen molar-refractivity contribution in [3.8, 4) is 0 Å². The zero-order valence-corrected chi connectivity index (χ0v) is 9.68. The number of aryl methyl sites for hydroxylation is 1. The fourth-order valence-corrected chi connectivity index (χ4v) is 1.69. The van der Waals surface area contributed by atoms with Crippen molar-refractivity contribution >= 4 is 0 Å². The topological polar surface area (TPSA) is 38.0 Å². The highest BCUT2D eigenvalue weighted by Crippen LogP contribution is 2.17. The summed E-state index contributed by atoms with van der Waals surface area (Å²) in [4.78, 5) is 0. The van der Waals surface area contributed by atoms with E-state index in [-0.39, 0.29) is 5.82 Å². The predicted molar refractivity (Wildman–Crippen MR) is 63.0 cm³/mol. The van der Waals surface area contributed by atoms with Gasteiger partial charge in [-0.15, -0.1) is 0 Å². The molecule has 3 nitrogen and oxygen atoms in total. The number of benzene rings is 1. The van der Waals surface area contributed by atoms with E-state index in [0.717, 1.165) is 17.7 Å². The van der Waals surface area contributed by atoms with Gasteiger partial charge in [0.05, 0.1) is 12.3 Å². The van der Waals surface area contributed by atoms with E-state index in [1.54, 1.807) is 23.0 Å². The van der Waals surface area contributed by atoms with Gasteiger partial charge in [-0.2, -0.15) is 5.10 Å². The second-order valence-electron chi connectivity index (χ2n) is 3.98. The minimum atomic E-state index is -0.597. The lowest BCUT2D eigenvalue weighted by atomic mass is 10.0. The maximum Gasteiger partial charge on any atom is 0.123 e. The smallest absolute Gasteiger partial charge is 0.123 e. The van der Waals surface area contributed by atoms with Gasteiger partial charge in [0.15, 0.2) is 0 Å². The van der Waals surface area contributed by atoms with Crippen LogP contribution in [0.3, 0.4) is 0 Å². The molecule has 0 bridgehead atoms. The van der Waals surface area contributed by atoms with Crippen LogP contribution in [0.25, 0.3) is 0 Å². The minimum absolute atomic E-state index is 0.262. The molecule has 0 fully saturated rings. The number of hydrogen-bond donors (Lipinski definition) is 1. The SMILES string of the molecule is CCn1cc(C(O)Cc2ccc(F)cc2)cn1. The molecule has 1 heterocycles. The van der Waals surface area contributed by atoms with Gasteiger partial charge in [0.1, 0.15) is 5.82 Å². The largest absolute Gasteiger partial charge is 0.388 e. The molecular weight excluding hydrogens is 219 g/mol. The number of nitrogens with zero attached hydrogens (tertiary/aromatic N) is 2. The molecular formula is C13H15FN2O. The molecule has 0 aliphatic rings. The van der Waals surface area contributed by atoms with Gasteiger partial charge >= 0.3 is 0 Å². The van der Waals surface area contributed by atoms with E-state index in [9.17, 15) is 9.50 Å². The Kier molecular flexibility index (Phi) is 3.54. The lowest BCUT2D eigenvalue weighted by Crippen LogP contribution is -2.01. The summed E-state index contributed by atoms with van der Waals surface area (Å²) in [5, 5.41) is 14.1. The van der Waals surface area contributed by atoms with Crippen molar-refractivity contribution in [1.29, 1.82) is 0 Å². The summed E-state index contributed by atoms with van der Waals surface area (Å²) < 4.78 is 14.5. The fraction of sp³-hybridized carbons (Fsp3) is 0.308. The van der Waals surface area contributed by atoms with Gasteiger partial charge < -0.3 is 5.11 Å². The van der Waals surface area contributed by atoms with Crippen molar-refractivity contribution < 1.29 is 9.50 Å². The number of aliphatic hydroxyl groups excluding tert-OH is 1. The van der Waals surface area contributed by atoms with Crippen molar-refractivity contribution in [2.24, 2.45) is 0 Å². The minimum Gasteiger partial charge on any atom is -0.388 e. The van der Waals surface area contributed by atoms with Gasteiger partial charge in [0.25, 0.3) is 0 Å². The van der Waals surface area contributed by atoms with Crippen LogP contribution in [0.1, 0.15) is 24.2 Å². The normalized spacial score (nSPS) is 12.6. The van der Waals surface area contributed by atoms with Gasteiger partial charge in [-0.05, 0) is 24.6 Å². The number of aromatic nitrogens is 2. The van der Waals surface area contributed by atoms with Crippen molar-refractivity contribution in [3.05, 3.63) is 53.6 Å². The van der Waals surface area contributed by atoms with Crippen LogP contribution >= 0.6 is 0 Å². The quantitative estimate of drug-likeness (QED) is 0.881. The Morgan fingerprint density at radius 1 is 1.35 bits per heavy atom. The molecule has 0 aliphatic heterocycles. The van der Waals surface area contributed by atoms with Crippen molar-refractivity contribution in [1.82, 2.24) is 9.78 Å². The van der Waals surface area contributed by atoms with Crippen LogP contribution in [0.15, 0.2) is 36.7 Å². The van der Waals surface area contributed by atoms with E-state index in [1.807, 2.05) is 13.1 Å². The second-order valence-corrected chi connectivity index (χ2v) is 3.98. The highest BCUT2D eigenvalue weighted by Gasteiger charge is 2.10. The van der Waals surface area contributed by atoms with Gasteiger partial charge in [-0.3, -0.25) is 4.68 Å². The molecule has 0 aliphatic carbocycles. The first-order valence-corrected chi connectivity index (χ1v) is 5.64. The van der Waals surface area contributed by atoms with Crippen LogP contribution in [-0.4, -0.2) is 14.9 Å². The average molecular weight is 234 g/mol. The fourth-order valence-electron chi connectivity index (χ4n) is 1.69. The van der Waals surface area contributed by atoms with Crippen LogP contribution < -0.4 is 0 Å². The Bertz CT molecular complexity index is 478. The molecule has 17 heavy (non-hydrogen) atoms. The molecule has 2 aromatic rings. The zero-order valence-electron chi connectivity index (χ0n) is 9.68. The number of rotatable bonds is 4. The third kappa shape index (κ3) is 2.91. The van der Waals surface area contributed by atoms with E-state index < -0.39 is 6.10 Å². The van der Waals surface area contributed by atoms with Crippen LogP contribution in [0.5, 0.6) is 0 Å². The predicted octanol–water partition coefficient (Wildman–Crippen LogP) is 2.32. The Hall–Kier alpha value is -1.68. The van der Waals surface area contributed by atoms with Gasteiger partial charge in [-0.1, -0.05) is 12.1 Å². The molecule has 2 rings (SSSR count). The van der Waals surface area contributed by atoms with Crippen molar-refractivity contribution in [2.45, 2.75) is 26.0 Å². The number of aliphatic hydroxyl groups is 1. The summed E-state index contributed by atoms with van der Waals surface area (Å²) in [6.07, 6.45) is 3.36. The van der Waals surface area contributed by atoms with Crippen molar-refractivity contribution in [3.63, 3.8) is 0 Å². The molecule has 1 aromatic heterocycles. The Labute approximate surface area is 99.5 Å². The van der Waals surface area contributed by atoms with Crippen LogP contribution in [0, 0.1) is 5.82 Å². The zero-order chi connectivity index (χ0) is 12.3. The molecule has 1 atom stereocenters. The molecule has 0 radical (unpaired) electrons. The number of hydrogen-bond acceptors (Lipinski definition) is 2. The molecule has 1 N–H and O–H groups in total. The first-order chi connectivity index (χ1) is 8.19. The molecule has 0 amide bonds. The van der Waals surface area contributed by atoms with E-state index in [1.165, 1.54) is 12.1 Å². The Balaban J connectivity index is 2.05. The van der Waals surface area contributed by atoms with Crippen LogP contribution in [-0.2, 0) is 13.0 Å². The monoisotopic (exact) mass is 234 g/mol. The highest BCUT2D eigenvalue weighted by atomic mass is 19.1. The molecule has 90 valence electrons. The maximum atomic E-state index is 12.7. The summed E-state index contributed by atoms with van der Waals surface area (Å²) in [5.74, 6) is -0.262. The first kappa shape index (κ1) is 11.8. The second kappa shape index (κ2) is 5.10. The number of halogens is 1. The van der Waals surface area contributed by atoms with Crippen LogP contribution in [0.2, 0.25) is 0 Å². The highest BCUT2D eigenvalue weighted by molar-refractivity contribution is 5.19. The molecule has 1 aromatic carbocycles. The van der Waals surface area contributed by atoms with Crippen LogP contribution in [0.4, 0.5) is 4.39 Å². The third-order valence-corrected chi connectivity index (χ3v) is 2.70. The lowest BCUT2D eigenvalue weighted by Gasteiger charge is -2.08. The Morgan fingerprint density at radius 3 is 2.65 bits per heavy atom. The summed E-state index contributed by atoms with van der Waals surface area (Å²) in [6, 6.07) is 6.17. The van der Waals surface area contributed by atoms with Crippen molar-refractivity contribution in [2.75, 3.05) is 0 Å². The maximum absolute atomic E-state index is 12.7. The Morgan fingerprint density at radius 2 is 2.06 bits per heavy atom. The first-order valence-electron chi connectivity index (χ1n) is 5.64. The lowest BCUT2D eigenvalue weighted by molar-refractivity contribution is 0.178.